The number of H-pyrrole nitrogens is 2. The van der Waals surface area contributed by atoms with Crippen LogP contribution < -0.4 is 17.9 Å². The summed E-state index contributed by atoms with van der Waals surface area (Å²) in [7, 11) is 26.3. The van der Waals surface area contributed by atoms with Gasteiger partial charge in [0.05, 0.1) is 84.6 Å². The Hall–Kier alpha value is -7.64. The van der Waals surface area contributed by atoms with E-state index >= 15 is 0 Å². The zero-order valence-corrected chi connectivity index (χ0v) is 52.5. The van der Waals surface area contributed by atoms with E-state index in [1.807, 2.05) is 0 Å². The van der Waals surface area contributed by atoms with Crippen LogP contribution in [0.5, 0.6) is 0 Å². The molecule has 2 aliphatic heterocycles. The van der Waals surface area contributed by atoms with Gasteiger partial charge in [0.25, 0.3) is 0 Å². The molecule has 13 rings (SSSR count). The van der Waals surface area contributed by atoms with Crippen LogP contribution in [0.3, 0.4) is 0 Å². The normalized spacial score (nSPS) is 12.7. The van der Waals surface area contributed by atoms with E-state index in [0.717, 1.165) is 101 Å². The summed E-state index contributed by atoms with van der Waals surface area (Å²) in [5.74, 6) is 2.20. The van der Waals surface area contributed by atoms with E-state index in [0.29, 0.717) is 45.9 Å². The lowest BCUT2D eigenvalue weighted by molar-refractivity contribution is 0.485. The van der Waals surface area contributed by atoms with Crippen LogP contribution in [0.25, 0.3) is 89.7 Å². The smallest absolute Gasteiger partial charge is 0.164 e. The molecule has 0 unspecified atom stereocenters. The third-order valence-electron chi connectivity index (χ3n) is 15.0. The topological polar surface area (TPSA) is 109 Å². The summed E-state index contributed by atoms with van der Waals surface area (Å²) in [6, 6.07) is 61.1. The number of fused-ring (bicyclic) bond motifs is 20. The monoisotopic (exact) mass is 1180 g/mol. The van der Waals surface area contributed by atoms with Crippen molar-refractivity contribution in [2.45, 2.75) is 39.2 Å². The van der Waals surface area contributed by atoms with Crippen LogP contribution in [-0.4, -0.2) is 124 Å². The van der Waals surface area contributed by atoms with E-state index in [1.165, 1.54) is 22.7 Å². The second kappa shape index (κ2) is 21.2. The lowest BCUT2D eigenvalue weighted by atomic mass is 10.1. The Bertz CT molecular complexity index is 4340. The minimum absolute atomic E-state index is 0.550. The molecule has 418 valence electrons. The number of quaternary nitrogens is 4. The molecule has 3 aromatic heterocycles. The number of hydrogen-bond donors (Lipinski definition) is 2. The quantitative estimate of drug-likeness (QED) is 0.115. The summed E-state index contributed by atoms with van der Waals surface area (Å²) < 4.78 is 2.87. The number of rotatable bonds is 12. The van der Waals surface area contributed by atoms with Crippen molar-refractivity contribution in [1.29, 1.82) is 0 Å². The molecule has 8 bridgehead atoms. The summed E-state index contributed by atoms with van der Waals surface area (Å²) in [6.45, 7) is 0. The molecule has 2 aliphatic rings. The van der Waals surface area contributed by atoms with Crippen molar-refractivity contribution in [3.63, 3.8) is 0 Å². The van der Waals surface area contributed by atoms with Crippen molar-refractivity contribution in [2.24, 2.45) is 0 Å². The lowest BCUT2D eigenvalue weighted by Gasteiger charge is -2.23. The highest BCUT2D eigenvalue weighted by Gasteiger charge is 2.26. The summed E-state index contributed by atoms with van der Waals surface area (Å²) in [5.41, 5.74) is 11.0. The molecule has 0 aliphatic carbocycles. The zero-order valence-electron chi connectivity index (χ0n) is 49.3. The number of aromatic amines is 2. The van der Waals surface area contributed by atoms with Crippen LogP contribution >= 0.6 is 47.0 Å². The average Bonchev–Trinajstić information content (AvgIpc) is 3.23. The molecule has 0 amide bonds. The van der Waals surface area contributed by atoms with Gasteiger partial charge < -0.3 is 9.97 Å². The molecule has 5 heterocycles. The SMILES string of the molecule is C[N+](C)(C)c1cccc(Sc2ccc3c(c2)-c2nc-3nc3[nH]c(nc4nc(nc5[nH]c(n2)c2ccc(Sc6cccc([N+](C)(C)C)c6)cc52)-c2ccc(Sc5cccc([N+](C)(C)C)c5)cc2-4)c2ccc(Sc4cccc([N+](C)(C)C)c4)cc32)c1. The summed E-state index contributed by atoms with van der Waals surface area (Å²) in [4.78, 5) is 49.0. The fourth-order valence-electron chi connectivity index (χ4n) is 10.4. The predicted molar refractivity (Wildman–Crippen MR) is 357 cm³/mol. The molecule has 16 heteroatoms. The zero-order chi connectivity index (χ0) is 58.5. The molecule has 0 spiro atoms. The first kappa shape index (κ1) is 55.5. The highest BCUT2D eigenvalue weighted by Crippen LogP contribution is 2.44. The van der Waals surface area contributed by atoms with Gasteiger partial charge in [-0.25, -0.2) is 29.9 Å². The standard InChI is InChI=1S/C68H66N12S4/c1-77(2,3)41-17-13-21-45(33-41)81-49-25-29-53-57(37-49)65-69-61(53)74-66-59-39-51(83-47-23-15-19-43(35-47)79(7,8)9)27-31-55(59)63(71-66)76-68-60-40-52(84-48-24-16-20-44(36-48)80(10,11)12)28-32-56(60)64(72-68)75-67-58-38-50(26-30-54(58)62(70-67)73-65)82-46-22-14-18-42(34-46)78(4,5)6/h13-40H,1-12H3,(H2,69,70,71,72,73,74,75,76)/q+4. The van der Waals surface area contributed by atoms with Crippen LogP contribution in [0.4, 0.5) is 22.7 Å². The minimum atomic E-state index is 0.550. The van der Waals surface area contributed by atoms with Crippen molar-refractivity contribution in [3.8, 4) is 45.6 Å². The van der Waals surface area contributed by atoms with Gasteiger partial charge in [0.15, 0.2) is 23.3 Å². The van der Waals surface area contributed by atoms with Gasteiger partial charge in [0, 0.05) is 107 Å². The first-order valence-electron chi connectivity index (χ1n) is 27.8. The Balaban J connectivity index is 1.05. The van der Waals surface area contributed by atoms with Crippen molar-refractivity contribution >= 4 is 114 Å². The molecular formula is C68H66N12S4+4. The highest BCUT2D eigenvalue weighted by molar-refractivity contribution is 8.00. The van der Waals surface area contributed by atoms with Gasteiger partial charge in [-0.3, -0.25) is 17.9 Å². The van der Waals surface area contributed by atoms with Gasteiger partial charge in [-0.15, -0.1) is 0 Å². The van der Waals surface area contributed by atoms with Crippen molar-refractivity contribution < 1.29 is 0 Å². The van der Waals surface area contributed by atoms with Crippen LogP contribution in [0.2, 0.25) is 0 Å². The van der Waals surface area contributed by atoms with Crippen molar-refractivity contribution in [1.82, 2.24) is 57.8 Å². The number of hydrogen-bond acceptors (Lipinski definition) is 10. The van der Waals surface area contributed by atoms with Crippen molar-refractivity contribution in [2.75, 3.05) is 84.6 Å². The van der Waals surface area contributed by atoms with E-state index in [-0.39, 0.29) is 0 Å². The number of aromatic nitrogens is 8. The highest BCUT2D eigenvalue weighted by atomic mass is 32.2. The Morgan fingerprint density at radius 3 is 0.821 bits per heavy atom. The Morgan fingerprint density at radius 1 is 0.250 bits per heavy atom. The molecule has 12 nitrogen and oxygen atoms in total. The average molecular weight is 1180 g/mol. The first-order valence-corrected chi connectivity index (χ1v) is 31.1. The van der Waals surface area contributed by atoms with E-state index in [9.17, 15) is 0 Å². The van der Waals surface area contributed by atoms with Gasteiger partial charge in [-0.1, -0.05) is 71.3 Å². The number of nitrogens with zero attached hydrogens (tertiary/aromatic N) is 10. The first-order chi connectivity index (χ1) is 40.0. The Morgan fingerprint density at radius 2 is 0.512 bits per heavy atom. The molecule has 0 atom stereocenters. The van der Waals surface area contributed by atoms with Gasteiger partial charge in [-0.2, -0.15) is 0 Å². The number of nitrogens with one attached hydrogen (secondary N) is 2. The molecule has 2 N–H and O–H groups in total. The Kier molecular flexibility index (Phi) is 14.0. The fraction of sp³-hybridized carbons (Fsp3) is 0.176. The molecule has 0 radical (unpaired) electrons. The molecule has 11 aromatic rings. The van der Waals surface area contributed by atoms with Crippen LogP contribution in [0, 0.1) is 0 Å². The number of benzene rings is 8. The predicted octanol–water partition coefficient (Wildman–Crippen LogP) is 16.3. The van der Waals surface area contributed by atoms with Gasteiger partial charge in [-0.05, 0) is 121 Å². The minimum Gasteiger partial charge on any atom is -0.324 e. The third-order valence-corrected chi connectivity index (χ3v) is 18.9. The molecule has 0 saturated heterocycles. The summed E-state index contributed by atoms with van der Waals surface area (Å²) >= 11 is 6.91. The van der Waals surface area contributed by atoms with E-state index in [1.54, 1.807) is 47.0 Å². The van der Waals surface area contributed by atoms with Gasteiger partial charge in [0.1, 0.15) is 45.3 Å². The summed E-state index contributed by atoms with van der Waals surface area (Å²) in [6.07, 6.45) is 0. The lowest BCUT2D eigenvalue weighted by Crippen LogP contribution is -2.34. The van der Waals surface area contributed by atoms with Crippen molar-refractivity contribution in [3.05, 3.63) is 170 Å². The van der Waals surface area contributed by atoms with E-state index in [4.69, 9.17) is 29.9 Å². The fourth-order valence-corrected chi connectivity index (χ4v) is 14.0. The second-order valence-electron chi connectivity index (χ2n) is 24.9. The molecule has 0 saturated carbocycles. The van der Waals surface area contributed by atoms with Gasteiger partial charge >= 0.3 is 0 Å². The van der Waals surface area contributed by atoms with E-state index < -0.39 is 0 Å². The largest absolute Gasteiger partial charge is 0.324 e. The maximum atomic E-state index is 5.49. The summed E-state index contributed by atoms with van der Waals surface area (Å²) in [5, 5.41) is 3.65. The third kappa shape index (κ3) is 11.3. The molecule has 0 fully saturated rings. The van der Waals surface area contributed by atoms with Crippen LogP contribution in [0.1, 0.15) is 0 Å². The molecule has 84 heavy (non-hydrogen) atoms. The van der Waals surface area contributed by atoms with Crippen LogP contribution in [-0.2, 0) is 0 Å². The second-order valence-corrected chi connectivity index (χ2v) is 29.5. The van der Waals surface area contributed by atoms with Crippen LogP contribution in [0.15, 0.2) is 209 Å². The molecular weight excluding hydrogens is 1110 g/mol. The van der Waals surface area contributed by atoms with E-state index in [2.05, 4.69) is 264 Å². The molecule has 8 aromatic carbocycles. The maximum Gasteiger partial charge on any atom is 0.164 e. The Labute approximate surface area is 507 Å². The maximum absolute atomic E-state index is 5.49. The van der Waals surface area contributed by atoms with Gasteiger partial charge in [0.2, 0.25) is 0 Å².